The maximum atomic E-state index is 13.4. The molecule has 0 radical (unpaired) electrons. The summed E-state index contributed by atoms with van der Waals surface area (Å²) in [6.07, 6.45) is 3.54. The molecule has 0 unspecified atom stereocenters. The maximum Gasteiger partial charge on any atom is 0.238 e. The fourth-order valence-electron chi connectivity index (χ4n) is 3.16. The summed E-state index contributed by atoms with van der Waals surface area (Å²) in [6.45, 7) is 3.75. The summed E-state index contributed by atoms with van der Waals surface area (Å²) < 4.78 is 47.1. The Bertz CT molecular complexity index is 1270. The molecule has 1 aromatic carbocycles. The van der Waals surface area contributed by atoms with E-state index in [1.807, 2.05) is 30.7 Å². The molecule has 0 bridgehead atoms. The van der Waals surface area contributed by atoms with Gasteiger partial charge in [0.05, 0.1) is 24.8 Å². The molecular weight excluding hydrogens is 421 g/mol. The number of halogens is 3. The molecule has 4 rings (SSSR count). The fourth-order valence-corrected chi connectivity index (χ4v) is 3.16. The van der Waals surface area contributed by atoms with Crippen LogP contribution in [0.5, 0.6) is 5.88 Å². The highest BCUT2D eigenvalue weighted by Crippen LogP contribution is 2.26. The minimum atomic E-state index is -1.49. The van der Waals surface area contributed by atoms with Gasteiger partial charge in [-0.3, -0.25) is 0 Å². The van der Waals surface area contributed by atoms with E-state index < -0.39 is 17.5 Å². The lowest BCUT2D eigenvalue weighted by Gasteiger charge is -2.12. The van der Waals surface area contributed by atoms with Gasteiger partial charge in [0, 0.05) is 12.7 Å². The summed E-state index contributed by atoms with van der Waals surface area (Å²) in [5.74, 6) is -3.15. The van der Waals surface area contributed by atoms with Crippen molar-refractivity contribution in [3.8, 4) is 23.0 Å². The number of methoxy groups -OCH3 is 1. The molecule has 4 aromatic rings. The zero-order valence-electron chi connectivity index (χ0n) is 17.5. The van der Waals surface area contributed by atoms with Crippen molar-refractivity contribution < 1.29 is 17.9 Å². The second kappa shape index (κ2) is 8.66. The number of hydrogen-bond acceptors (Lipinski definition) is 6. The van der Waals surface area contributed by atoms with Crippen LogP contribution in [0.1, 0.15) is 16.8 Å². The molecule has 0 fully saturated rings. The Balaban J connectivity index is 1.55. The number of hydrogen-bond donors (Lipinski definition) is 1. The molecule has 32 heavy (non-hydrogen) atoms. The number of ether oxygens (including phenoxy) is 1. The van der Waals surface area contributed by atoms with Crippen LogP contribution in [0.15, 0.2) is 42.9 Å². The lowest BCUT2D eigenvalue weighted by Crippen LogP contribution is -2.07. The van der Waals surface area contributed by atoms with Gasteiger partial charge >= 0.3 is 0 Å². The molecule has 10 heteroatoms. The van der Waals surface area contributed by atoms with E-state index in [1.54, 1.807) is 18.5 Å². The first kappa shape index (κ1) is 21.3. The summed E-state index contributed by atoms with van der Waals surface area (Å²) in [7, 11) is 1.53. The zero-order valence-corrected chi connectivity index (χ0v) is 17.5. The van der Waals surface area contributed by atoms with Gasteiger partial charge in [0.1, 0.15) is 11.4 Å². The molecule has 0 saturated heterocycles. The van der Waals surface area contributed by atoms with E-state index in [4.69, 9.17) is 4.74 Å². The van der Waals surface area contributed by atoms with Gasteiger partial charge in [0.25, 0.3) is 0 Å². The van der Waals surface area contributed by atoms with Crippen LogP contribution in [-0.2, 0) is 6.54 Å². The molecule has 7 nitrogen and oxygen atoms in total. The van der Waals surface area contributed by atoms with Gasteiger partial charge in [-0.05, 0) is 55.3 Å². The average molecular weight is 440 g/mol. The SMILES string of the molecule is COc1nc(-c2cc(C)c(NCc3cc(F)c(F)c(F)c3)nn2)ccc1-n1cnc(C)c1. The number of benzene rings is 1. The highest BCUT2D eigenvalue weighted by atomic mass is 19.2. The first-order chi connectivity index (χ1) is 15.4. The molecule has 3 heterocycles. The van der Waals surface area contributed by atoms with Crippen LogP contribution in [0.4, 0.5) is 19.0 Å². The highest BCUT2D eigenvalue weighted by molar-refractivity contribution is 5.61. The number of anilines is 1. The Kier molecular flexibility index (Phi) is 5.76. The van der Waals surface area contributed by atoms with Crippen LogP contribution in [0.2, 0.25) is 0 Å². The van der Waals surface area contributed by atoms with Gasteiger partial charge in [-0.2, -0.15) is 0 Å². The van der Waals surface area contributed by atoms with Crippen LogP contribution in [0, 0.1) is 31.3 Å². The van der Waals surface area contributed by atoms with Gasteiger partial charge in [-0.15, -0.1) is 10.2 Å². The molecule has 0 spiro atoms. The molecule has 0 aliphatic carbocycles. The zero-order chi connectivity index (χ0) is 22.8. The summed E-state index contributed by atoms with van der Waals surface area (Å²) in [5.41, 5.74) is 3.67. The molecule has 164 valence electrons. The molecule has 0 aliphatic heterocycles. The van der Waals surface area contributed by atoms with Crippen molar-refractivity contribution >= 4 is 5.82 Å². The third-order valence-electron chi connectivity index (χ3n) is 4.77. The van der Waals surface area contributed by atoms with Crippen LogP contribution in [0.25, 0.3) is 17.1 Å². The van der Waals surface area contributed by atoms with Gasteiger partial charge in [0.2, 0.25) is 5.88 Å². The third-order valence-corrected chi connectivity index (χ3v) is 4.77. The summed E-state index contributed by atoms with van der Waals surface area (Å²) in [6, 6.07) is 7.30. The van der Waals surface area contributed by atoms with Crippen molar-refractivity contribution in [1.82, 2.24) is 24.7 Å². The molecule has 0 saturated carbocycles. The largest absolute Gasteiger partial charge is 0.479 e. The van der Waals surface area contributed by atoms with E-state index in [0.717, 1.165) is 29.1 Å². The molecule has 1 N–H and O–H groups in total. The van der Waals surface area contributed by atoms with Crippen molar-refractivity contribution in [2.75, 3.05) is 12.4 Å². The van der Waals surface area contributed by atoms with E-state index in [2.05, 4.69) is 25.5 Å². The van der Waals surface area contributed by atoms with E-state index in [0.29, 0.717) is 23.1 Å². The number of aromatic nitrogens is 5. The molecular formula is C22H19F3N6O. The molecule has 0 atom stereocenters. The Hall–Kier alpha value is -3.95. The van der Waals surface area contributed by atoms with Gasteiger partial charge < -0.3 is 14.6 Å². The Morgan fingerprint density at radius 2 is 1.75 bits per heavy atom. The quantitative estimate of drug-likeness (QED) is 0.449. The minimum Gasteiger partial charge on any atom is -0.479 e. The van der Waals surface area contributed by atoms with Crippen LogP contribution >= 0.6 is 0 Å². The van der Waals surface area contributed by atoms with E-state index >= 15 is 0 Å². The first-order valence-corrected chi connectivity index (χ1v) is 9.63. The Labute approximate surface area is 181 Å². The second-order valence-electron chi connectivity index (χ2n) is 7.14. The van der Waals surface area contributed by atoms with Crippen molar-refractivity contribution in [2.24, 2.45) is 0 Å². The second-order valence-corrected chi connectivity index (χ2v) is 7.14. The number of pyridine rings is 1. The summed E-state index contributed by atoms with van der Waals surface area (Å²) >= 11 is 0. The van der Waals surface area contributed by atoms with Crippen molar-refractivity contribution in [2.45, 2.75) is 20.4 Å². The lowest BCUT2D eigenvalue weighted by atomic mass is 10.2. The van der Waals surface area contributed by atoms with Gasteiger partial charge in [-0.1, -0.05) is 0 Å². The molecule has 0 amide bonds. The van der Waals surface area contributed by atoms with Crippen LogP contribution in [-0.4, -0.2) is 31.8 Å². The maximum absolute atomic E-state index is 13.4. The smallest absolute Gasteiger partial charge is 0.238 e. The monoisotopic (exact) mass is 440 g/mol. The Morgan fingerprint density at radius 1 is 1.00 bits per heavy atom. The van der Waals surface area contributed by atoms with Crippen molar-refractivity contribution in [1.29, 1.82) is 0 Å². The van der Waals surface area contributed by atoms with Crippen LogP contribution in [0.3, 0.4) is 0 Å². The Morgan fingerprint density at radius 3 is 2.38 bits per heavy atom. The number of nitrogens with zero attached hydrogens (tertiary/aromatic N) is 5. The van der Waals surface area contributed by atoms with Crippen molar-refractivity contribution in [3.05, 3.63) is 77.1 Å². The predicted octanol–water partition coefficient (Wildman–Crippen LogP) is 4.38. The predicted molar refractivity (Wildman–Crippen MR) is 112 cm³/mol. The number of aryl methyl sites for hydroxylation is 2. The number of nitrogens with one attached hydrogen (secondary N) is 1. The van der Waals surface area contributed by atoms with E-state index in [1.165, 1.54) is 7.11 Å². The molecule has 0 aliphatic rings. The van der Waals surface area contributed by atoms with Gasteiger partial charge in [-0.25, -0.2) is 23.1 Å². The number of imidazole rings is 1. The van der Waals surface area contributed by atoms with E-state index in [-0.39, 0.29) is 12.1 Å². The topological polar surface area (TPSA) is 77.8 Å². The average Bonchev–Trinajstić information content (AvgIpc) is 3.22. The minimum absolute atomic E-state index is 0.0497. The fraction of sp³-hybridized carbons (Fsp3) is 0.182. The first-order valence-electron chi connectivity index (χ1n) is 9.63. The van der Waals surface area contributed by atoms with E-state index in [9.17, 15) is 13.2 Å². The third kappa shape index (κ3) is 4.25. The van der Waals surface area contributed by atoms with Crippen LogP contribution < -0.4 is 10.1 Å². The number of rotatable bonds is 6. The van der Waals surface area contributed by atoms with Crippen molar-refractivity contribution in [3.63, 3.8) is 0 Å². The summed E-state index contributed by atoms with van der Waals surface area (Å²) in [5, 5.41) is 11.3. The van der Waals surface area contributed by atoms with Gasteiger partial charge in [0.15, 0.2) is 23.3 Å². The standard InChI is InChI=1S/C22H19F3N6O/c1-12-6-18(17-4-5-19(22(28-17)32-3)31-10-13(2)27-11-31)29-30-21(12)26-9-14-7-15(23)20(25)16(24)8-14/h4-8,10-11H,9H2,1-3H3,(H,26,30). The summed E-state index contributed by atoms with van der Waals surface area (Å²) in [4.78, 5) is 8.74. The normalized spacial score (nSPS) is 10.9. The lowest BCUT2D eigenvalue weighted by molar-refractivity contribution is 0.396. The molecule has 3 aromatic heterocycles. The highest BCUT2D eigenvalue weighted by Gasteiger charge is 2.14.